The number of aromatic nitrogens is 2. The molecule has 2 N–H and O–H groups in total. The Morgan fingerprint density at radius 3 is 2.95 bits per heavy atom. The van der Waals surface area contributed by atoms with E-state index in [1.807, 2.05) is 0 Å². The van der Waals surface area contributed by atoms with Gasteiger partial charge in [0.15, 0.2) is 0 Å². The minimum absolute atomic E-state index is 0.176. The van der Waals surface area contributed by atoms with Crippen molar-refractivity contribution in [1.29, 1.82) is 0 Å². The molecule has 2 aromatic rings. The van der Waals surface area contributed by atoms with Crippen LogP contribution >= 0.6 is 0 Å². The highest BCUT2D eigenvalue weighted by molar-refractivity contribution is 5.38. The maximum absolute atomic E-state index is 13.6. The fourth-order valence-corrected chi connectivity index (χ4v) is 2.29. The van der Waals surface area contributed by atoms with Crippen molar-refractivity contribution in [2.24, 2.45) is 5.73 Å². The van der Waals surface area contributed by atoms with Crippen LogP contribution in [0.1, 0.15) is 23.2 Å². The third-order valence-electron chi connectivity index (χ3n) is 3.29. The van der Waals surface area contributed by atoms with Crippen LogP contribution in [0.2, 0.25) is 0 Å². The Hall–Kier alpha value is -2.01. The molecule has 0 radical (unpaired) electrons. The number of halogens is 1. The Kier molecular flexibility index (Phi) is 3.13. The van der Waals surface area contributed by atoms with Gasteiger partial charge in [-0.15, -0.1) is 0 Å². The van der Waals surface area contributed by atoms with Crippen molar-refractivity contribution in [3.05, 3.63) is 47.2 Å². The minimum atomic E-state index is -0.356. The molecule has 0 amide bonds. The number of nitrogens with two attached hydrogens (primary N) is 1. The average molecular weight is 259 g/mol. The van der Waals surface area contributed by atoms with Crippen molar-refractivity contribution < 1.29 is 9.13 Å². The van der Waals surface area contributed by atoms with Crippen LogP contribution in [0.5, 0.6) is 11.6 Å². The molecule has 1 aliphatic rings. The highest BCUT2D eigenvalue weighted by Gasteiger charge is 2.18. The van der Waals surface area contributed by atoms with Crippen molar-refractivity contribution >= 4 is 0 Å². The lowest BCUT2D eigenvalue weighted by Gasteiger charge is -2.09. The fourth-order valence-electron chi connectivity index (χ4n) is 2.29. The summed E-state index contributed by atoms with van der Waals surface area (Å²) in [7, 11) is 0. The van der Waals surface area contributed by atoms with Crippen molar-refractivity contribution in [3.8, 4) is 11.6 Å². The van der Waals surface area contributed by atoms with E-state index in [2.05, 4.69) is 9.97 Å². The molecule has 0 saturated carbocycles. The summed E-state index contributed by atoms with van der Waals surface area (Å²) in [5.41, 5.74) is 7.96. The van der Waals surface area contributed by atoms with Gasteiger partial charge >= 0.3 is 0 Å². The van der Waals surface area contributed by atoms with Gasteiger partial charge in [-0.1, -0.05) is 6.07 Å². The monoisotopic (exact) mass is 259 g/mol. The number of benzene rings is 1. The van der Waals surface area contributed by atoms with Gasteiger partial charge in [0, 0.05) is 23.7 Å². The van der Waals surface area contributed by atoms with E-state index >= 15 is 0 Å². The molecule has 0 saturated heterocycles. The summed E-state index contributed by atoms with van der Waals surface area (Å²) in [5, 5.41) is 0. The molecule has 1 heterocycles. The predicted molar refractivity (Wildman–Crippen MR) is 68.4 cm³/mol. The molecular formula is C14H14FN3O. The van der Waals surface area contributed by atoms with Crippen LogP contribution in [0.25, 0.3) is 0 Å². The number of fused-ring (bicyclic) bond motifs is 1. The quantitative estimate of drug-likeness (QED) is 0.919. The molecule has 0 fully saturated rings. The Bertz CT molecular complexity index is 616. The van der Waals surface area contributed by atoms with Gasteiger partial charge in [0.05, 0.1) is 5.69 Å². The Morgan fingerprint density at radius 2 is 2.16 bits per heavy atom. The lowest BCUT2D eigenvalue weighted by atomic mass is 10.2. The van der Waals surface area contributed by atoms with Gasteiger partial charge in [-0.2, -0.15) is 0 Å². The molecule has 0 atom stereocenters. The van der Waals surface area contributed by atoms with E-state index in [1.165, 1.54) is 12.4 Å². The molecule has 98 valence electrons. The number of hydrogen-bond acceptors (Lipinski definition) is 4. The first-order valence-corrected chi connectivity index (χ1v) is 6.27. The SMILES string of the molecule is NCc1ccc(Oc2ncnc3c2CCC3)cc1F. The average Bonchev–Trinajstić information content (AvgIpc) is 2.88. The summed E-state index contributed by atoms with van der Waals surface area (Å²) in [6.07, 6.45) is 4.42. The molecule has 5 heteroatoms. The van der Waals surface area contributed by atoms with Crippen molar-refractivity contribution in [1.82, 2.24) is 9.97 Å². The van der Waals surface area contributed by atoms with Crippen molar-refractivity contribution in [2.75, 3.05) is 0 Å². The molecule has 1 aromatic carbocycles. The van der Waals surface area contributed by atoms with Gasteiger partial charge < -0.3 is 10.5 Å². The third kappa shape index (κ3) is 2.29. The molecule has 1 aliphatic carbocycles. The maximum Gasteiger partial charge on any atom is 0.225 e. The molecule has 0 unspecified atom stereocenters. The first-order chi connectivity index (χ1) is 9.28. The normalized spacial score (nSPS) is 13.4. The van der Waals surface area contributed by atoms with Gasteiger partial charge in [0.25, 0.3) is 0 Å². The molecule has 19 heavy (non-hydrogen) atoms. The van der Waals surface area contributed by atoms with Gasteiger partial charge in [0.2, 0.25) is 5.88 Å². The van der Waals surface area contributed by atoms with Gasteiger partial charge in [0.1, 0.15) is 17.9 Å². The molecule has 3 rings (SSSR count). The Labute approximate surface area is 110 Å². The summed E-state index contributed by atoms with van der Waals surface area (Å²) in [6.45, 7) is 0.176. The summed E-state index contributed by atoms with van der Waals surface area (Å²) in [5.74, 6) is 0.607. The van der Waals surface area contributed by atoms with E-state index in [1.54, 1.807) is 12.1 Å². The van der Waals surface area contributed by atoms with Crippen LogP contribution in [0.4, 0.5) is 4.39 Å². The molecule has 0 bridgehead atoms. The van der Waals surface area contributed by atoms with Crippen LogP contribution in [-0.2, 0) is 19.4 Å². The second-order valence-corrected chi connectivity index (χ2v) is 4.52. The summed E-state index contributed by atoms with van der Waals surface area (Å²) >= 11 is 0. The first-order valence-electron chi connectivity index (χ1n) is 6.27. The van der Waals surface area contributed by atoms with Gasteiger partial charge in [-0.05, 0) is 25.3 Å². The lowest BCUT2D eigenvalue weighted by Crippen LogP contribution is -2.01. The smallest absolute Gasteiger partial charge is 0.225 e. The van der Waals surface area contributed by atoms with Crippen LogP contribution in [-0.4, -0.2) is 9.97 Å². The first kappa shape index (κ1) is 12.0. The van der Waals surface area contributed by atoms with Gasteiger partial charge in [-0.25, -0.2) is 14.4 Å². The molecular weight excluding hydrogens is 245 g/mol. The maximum atomic E-state index is 13.6. The predicted octanol–water partition coefficient (Wildman–Crippen LogP) is 2.36. The molecule has 4 nitrogen and oxygen atoms in total. The number of aryl methyl sites for hydroxylation is 1. The molecule has 1 aromatic heterocycles. The Morgan fingerprint density at radius 1 is 1.26 bits per heavy atom. The second kappa shape index (κ2) is 4.93. The standard InChI is InChI=1S/C14H14FN3O/c15-12-6-10(5-4-9(12)7-16)19-14-11-2-1-3-13(11)17-8-18-14/h4-6,8H,1-3,7,16H2. The zero-order valence-electron chi connectivity index (χ0n) is 10.4. The number of hydrogen-bond donors (Lipinski definition) is 1. The number of nitrogens with zero attached hydrogens (tertiary/aromatic N) is 2. The van der Waals surface area contributed by atoms with Crippen LogP contribution in [0.3, 0.4) is 0 Å². The summed E-state index contributed by atoms with van der Waals surface area (Å²) < 4.78 is 19.3. The zero-order chi connectivity index (χ0) is 13.2. The highest BCUT2D eigenvalue weighted by Crippen LogP contribution is 2.30. The number of ether oxygens (including phenoxy) is 1. The molecule has 0 spiro atoms. The largest absolute Gasteiger partial charge is 0.439 e. The minimum Gasteiger partial charge on any atom is -0.439 e. The van der Waals surface area contributed by atoms with E-state index in [4.69, 9.17) is 10.5 Å². The Balaban J connectivity index is 1.90. The zero-order valence-corrected chi connectivity index (χ0v) is 10.4. The van der Waals surface area contributed by atoms with E-state index in [9.17, 15) is 4.39 Å². The van der Waals surface area contributed by atoms with E-state index in [0.29, 0.717) is 17.2 Å². The van der Waals surface area contributed by atoms with Crippen LogP contribution < -0.4 is 10.5 Å². The highest BCUT2D eigenvalue weighted by atomic mass is 19.1. The van der Waals surface area contributed by atoms with E-state index in [-0.39, 0.29) is 12.4 Å². The third-order valence-corrected chi connectivity index (χ3v) is 3.29. The second-order valence-electron chi connectivity index (χ2n) is 4.52. The topological polar surface area (TPSA) is 61.0 Å². The van der Waals surface area contributed by atoms with Gasteiger partial charge in [-0.3, -0.25) is 0 Å². The van der Waals surface area contributed by atoms with Crippen LogP contribution in [0, 0.1) is 5.82 Å². The molecule has 0 aliphatic heterocycles. The van der Waals surface area contributed by atoms with Crippen LogP contribution in [0.15, 0.2) is 24.5 Å². The van der Waals surface area contributed by atoms with Crippen molar-refractivity contribution in [3.63, 3.8) is 0 Å². The van der Waals surface area contributed by atoms with E-state index < -0.39 is 0 Å². The lowest BCUT2D eigenvalue weighted by molar-refractivity contribution is 0.450. The summed E-state index contributed by atoms with van der Waals surface area (Å²) in [6, 6.07) is 4.67. The van der Waals surface area contributed by atoms with Crippen molar-refractivity contribution in [2.45, 2.75) is 25.8 Å². The number of rotatable bonds is 3. The summed E-state index contributed by atoms with van der Waals surface area (Å²) in [4.78, 5) is 8.36. The fraction of sp³-hybridized carbons (Fsp3) is 0.286. The van der Waals surface area contributed by atoms with E-state index in [0.717, 1.165) is 30.5 Å².